The molecule has 0 fully saturated rings. The fraction of sp³-hybridized carbons (Fsp3) is 0.200. The SMILES string of the molecule is CCOC(=O)c1ccccc1OC(=O)Oc1ccc(OC(C)(C)c2ccccc2)cc1. The highest BCUT2D eigenvalue weighted by Gasteiger charge is 2.22. The Morgan fingerprint density at radius 3 is 2.06 bits per heavy atom. The minimum Gasteiger partial charge on any atom is -0.483 e. The van der Waals surface area contributed by atoms with Crippen molar-refractivity contribution in [2.75, 3.05) is 6.61 Å². The van der Waals surface area contributed by atoms with Crippen LogP contribution in [0.25, 0.3) is 0 Å². The molecule has 0 spiro atoms. The normalized spacial score (nSPS) is 10.8. The Kier molecular flexibility index (Phi) is 6.92. The molecule has 31 heavy (non-hydrogen) atoms. The summed E-state index contributed by atoms with van der Waals surface area (Å²) in [7, 11) is 0. The van der Waals surface area contributed by atoms with Gasteiger partial charge in [0.15, 0.2) is 0 Å². The molecule has 6 nitrogen and oxygen atoms in total. The van der Waals surface area contributed by atoms with Crippen LogP contribution in [-0.4, -0.2) is 18.7 Å². The molecule has 0 unspecified atom stereocenters. The zero-order valence-corrected chi connectivity index (χ0v) is 17.7. The smallest absolute Gasteiger partial charge is 0.483 e. The van der Waals surface area contributed by atoms with E-state index in [-0.39, 0.29) is 23.7 Å². The lowest BCUT2D eigenvalue weighted by atomic mass is 9.98. The van der Waals surface area contributed by atoms with E-state index in [0.717, 1.165) is 5.56 Å². The van der Waals surface area contributed by atoms with E-state index in [4.69, 9.17) is 18.9 Å². The van der Waals surface area contributed by atoms with Gasteiger partial charge in [-0.15, -0.1) is 0 Å². The number of esters is 1. The average molecular weight is 420 g/mol. The van der Waals surface area contributed by atoms with Gasteiger partial charge in [0, 0.05) is 0 Å². The maximum absolute atomic E-state index is 12.2. The van der Waals surface area contributed by atoms with E-state index in [0.29, 0.717) is 5.75 Å². The van der Waals surface area contributed by atoms with Crippen LogP contribution >= 0.6 is 0 Å². The molecule has 0 aliphatic rings. The molecule has 0 aliphatic heterocycles. The number of carbonyl (C=O) groups excluding carboxylic acids is 2. The number of benzene rings is 3. The largest absolute Gasteiger partial charge is 0.519 e. The highest BCUT2D eigenvalue weighted by atomic mass is 16.7. The number of hydrogen-bond donors (Lipinski definition) is 0. The van der Waals surface area contributed by atoms with Crippen molar-refractivity contribution in [3.63, 3.8) is 0 Å². The van der Waals surface area contributed by atoms with E-state index in [1.807, 2.05) is 44.2 Å². The summed E-state index contributed by atoms with van der Waals surface area (Å²) in [5, 5.41) is 0. The quantitative estimate of drug-likeness (QED) is 0.358. The van der Waals surface area contributed by atoms with E-state index in [1.54, 1.807) is 43.3 Å². The Hall–Kier alpha value is -3.80. The van der Waals surface area contributed by atoms with Crippen LogP contribution in [0.1, 0.15) is 36.7 Å². The Morgan fingerprint density at radius 2 is 1.39 bits per heavy atom. The van der Waals surface area contributed by atoms with Gasteiger partial charge in [0.25, 0.3) is 0 Å². The number of para-hydroxylation sites is 1. The molecule has 0 amide bonds. The van der Waals surface area contributed by atoms with Crippen LogP contribution in [0.15, 0.2) is 78.9 Å². The molecular formula is C25H24O6. The van der Waals surface area contributed by atoms with Crippen molar-refractivity contribution in [2.45, 2.75) is 26.4 Å². The first kappa shape index (κ1) is 21.9. The number of hydrogen-bond acceptors (Lipinski definition) is 6. The van der Waals surface area contributed by atoms with Gasteiger partial charge in [0.1, 0.15) is 28.4 Å². The predicted octanol–water partition coefficient (Wildman–Crippen LogP) is 5.76. The van der Waals surface area contributed by atoms with Crippen LogP contribution in [0.3, 0.4) is 0 Å². The fourth-order valence-corrected chi connectivity index (χ4v) is 2.91. The predicted molar refractivity (Wildman–Crippen MR) is 116 cm³/mol. The third kappa shape index (κ3) is 5.85. The highest BCUT2D eigenvalue weighted by Crippen LogP contribution is 2.29. The Balaban J connectivity index is 1.63. The summed E-state index contributed by atoms with van der Waals surface area (Å²) >= 11 is 0. The van der Waals surface area contributed by atoms with Gasteiger partial charge in [-0.2, -0.15) is 0 Å². The van der Waals surface area contributed by atoms with E-state index in [1.165, 1.54) is 12.1 Å². The van der Waals surface area contributed by atoms with Gasteiger partial charge in [-0.1, -0.05) is 42.5 Å². The molecule has 0 heterocycles. The lowest BCUT2D eigenvalue weighted by molar-refractivity contribution is 0.0522. The zero-order valence-electron chi connectivity index (χ0n) is 17.7. The molecule has 0 aliphatic carbocycles. The van der Waals surface area contributed by atoms with E-state index < -0.39 is 17.7 Å². The molecule has 3 aromatic rings. The first-order valence-electron chi connectivity index (χ1n) is 9.89. The topological polar surface area (TPSA) is 71.1 Å². The molecular weight excluding hydrogens is 396 g/mol. The van der Waals surface area contributed by atoms with Gasteiger partial charge < -0.3 is 18.9 Å². The average Bonchev–Trinajstić information content (AvgIpc) is 2.76. The summed E-state index contributed by atoms with van der Waals surface area (Å²) in [6.45, 7) is 5.87. The van der Waals surface area contributed by atoms with Crippen molar-refractivity contribution >= 4 is 12.1 Å². The second-order valence-corrected chi connectivity index (χ2v) is 7.12. The molecule has 3 aromatic carbocycles. The van der Waals surface area contributed by atoms with Crippen molar-refractivity contribution in [1.29, 1.82) is 0 Å². The maximum Gasteiger partial charge on any atom is 0.519 e. The van der Waals surface area contributed by atoms with E-state index in [2.05, 4.69) is 0 Å². The Bertz CT molecular complexity index is 1030. The molecule has 0 bridgehead atoms. The zero-order chi connectivity index (χ0) is 22.3. The summed E-state index contributed by atoms with van der Waals surface area (Å²) in [6.07, 6.45) is -0.963. The Labute approximate surface area is 181 Å². The summed E-state index contributed by atoms with van der Waals surface area (Å²) in [6, 6.07) is 22.8. The van der Waals surface area contributed by atoms with Crippen molar-refractivity contribution in [1.82, 2.24) is 0 Å². The molecule has 0 saturated carbocycles. The molecule has 3 rings (SSSR count). The van der Waals surface area contributed by atoms with Crippen molar-refractivity contribution < 1.29 is 28.5 Å². The maximum atomic E-state index is 12.2. The van der Waals surface area contributed by atoms with Gasteiger partial charge in [0.2, 0.25) is 0 Å². The van der Waals surface area contributed by atoms with Crippen LogP contribution in [0, 0.1) is 0 Å². The van der Waals surface area contributed by atoms with Crippen molar-refractivity contribution in [2.24, 2.45) is 0 Å². The van der Waals surface area contributed by atoms with Gasteiger partial charge in [-0.3, -0.25) is 0 Å². The second kappa shape index (κ2) is 9.80. The van der Waals surface area contributed by atoms with Crippen LogP contribution in [0.4, 0.5) is 4.79 Å². The fourth-order valence-electron chi connectivity index (χ4n) is 2.91. The summed E-state index contributed by atoms with van der Waals surface area (Å²) in [5.41, 5.74) is 0.659. The van der Waals surface area contributed by atoms with Crippen LogP contribution in [-0.2, 0) is 10.3 Å². The molecule has 0 saturated heterocycles. The van der Waals surface area contributed by atoms with Gasteiger partial charge in [-0.05, 0) is 62.7 Å². The molecule has 0 N–H and O–H groups in total. The summed E-state index contributed by atoms with van der Waals surface area (Å²) < 4.78 is 21.5. The van der Waals surface area contributed by atoms with Crippen LogP contribution in [0.2, 0.25) is 0 Å². The van der Waals surface area contributed by atoms with Gasteiger partial charge >= 0.3 is 12.1 Å². The third-order valence-corrected chi connectivity index (χ3v) is 4.44. The van der Waals surface area contributed by atoms with Crippen molar-refractivity contribution in [3.8, 4) is 17.2 Å². The highest BCUT2D eigenvalue weighted by molar-refractivity contribution is 5.93. The minimum absolute atomic E-state index is 0.0653. The number of rotatable bonds is 7. The van der Waals surface area contributed by atoms with E-state index >= 15 is 0 Å². The second-order valence-electron chi connectivity index (χ2n) is 7.12. The lowest BCUT2D eigenvalue weighted by Gasteiger charge is -2.27. The number of ether oxygens (including phenoxy) is 4. The molecule has 0 aromatic heterocycles. The van der Waals surface area contributed by atoms with Gasteiger partial charge in [0.05, 0.1) is 6.61 Å². The van der Waals surface area contributed by atoms with E-state index in [9.17, 15) is 9.59 Å². The Morgan fingerprint density at radius 1 is 0.774 bits per heavy atom. The third-order valence-electron chi connectivity index (χ3n) is 4.44. The monoisotopic (exact) mass is 420 g/mol. The van der Waals surface area contributed by atoms with Gasteiger partial charge in [-0.25, -0.2) is 9.59 Å². The molecule has 160 valence electrons. The molecule has 6 heteroatoms. The standard InChI is InChI=1S/C25H24O6/c1-4-28-23(26)21-12-8-9-13-22(21)30-24(27)29-19-14-16-20(17-15-19)31-25(2,3)18-10-6-5-7-11-18/h5-17H,4H2,1-3H3. The van der Waals surface area contributed by atoms with Crippen molar-refractivity contribution in [3.05, 3.63) is 90.0 Å². The summed E-state index contributed by atoms with van der Waals surface area (Å²) in [5.74, 6) is 0.398. The van der Waals surface area contributed by atoms with Crippen LogP contribution in [0.5, 0.6) is 17.2 Å². The lowest BCUT2D eigenvalue weighted by Crippen LogP contribution is -2.25. The summed E-state index contributed by atoms with van der Waals surface area (Å²) in [4.78, 5) is 24.2. The minimum atomic E-state index is -0.963. The van der Waals surface area contributed by atoms with Crippen LogP contribution < -0.4 is 14.2 Å². The molecule has 0 radical (unpaired) electrons. The number of carbonyl (C=O) groups is 2. The first-order chi connectivity index (χ1) is 14.9. The first-order valence-corrected chi connectivity index (χ1v) is 9.89. The molecule has 0 atom stereocenters.